The largest absolute Gasteiger partial charge is 0.463 e. The van der Waals surface area contributed by atoms with Gasteiger partial charge in [-0.2, -0.15) is 10.5 Å². The van der Waals surface area contributed by atoms with Crippen LogP contribution in [0.1, 0.15) is 12.6 Å². The van der Waals surface area contributed by atoms with Gasteiger partial charge in [0.05, 0.1) is 25.0 Å². The maximum absolute atomic E-state index is 10.6. The van der Waals surface area contributed by atoms with E-state index in [0.29, 0.717) is 17.2 Å². The van der Waals surface area contributed by atoms with Gasteiger partial charge >= 0.3 is 5.97 Å². The zero-order valence-corrected chi connectivity index (χ0v) is 11.7. The van der Waals surface area contributed by atoms with E-state index >= 15 is 0 Å². The van der Waals surface area contributed by atoms with Gasteiger partial charge < -0.3 is 14.8 Å². The number of hydrogen-bond donors (Lipinski definition) is 1. The molecule has 22 heavy (non-hydrogen) atoms. The van der Waals surface area contributed by atoms with E-state index in [1.165, 1.54) is 19.6 Å². The average Bonchev–Trinajstić information content (AvgIpc) is 2.92. The number of rotatable bonds is 5. The molecule has 0 saturated heterocycles. The Labute approximate surface area is 126 Å². The fraction of sp³-hybridized carbons (Fsp3) is 0.308. The maximum Gasteiger partial charge on any atom is 0.302 e. The van der Waals surface area contributed by atoms with Crippen LogP contribution in [0.15, 0.2) is 16.9 Å². The van der Waals surface area contributed by atoms with Crippen molar-refractivity contribution in [1.82, 2.24) is 14.9 Å². The van der Waals surface area contributed by atoms with E-state index in [-0.39, 0.29) is 31.5 Å². The minimum Gasteiger partial charge on any atom is -0.463 e. The van der Waals surface area contributed by atoms with Crippen LogP contribution < -0.4 is 5.32 Å². The number of allylic oxidation sites excluding steroid dienone is 1. The van der Waals surface area contributed by atoms with Crippen LogP contribution in [0.3, 0.4) is 0 Å². The van der Waals surface area contributed by atoms with Crippen molar-refractivity contribution in [2.75, 3.05) is 13.2 Å². The lowest BCUT2D eigenvalue weighted by molar-refractivity contribution is -0.142. The van der Waals surface area contributed by atoms with E-state index in [1.807, 2.05) is 12.1 Å². The average molecular weight is 300 g/mol. The molecule has 112 valence electrons. The number of aromatic nitrogens is 2. The van der Waals surface area contributed by atoms with Crippen LogP contribution in [-0.2, 0) is 21.0 Å². The third kappa shape index (κ3) is 3.29. The minimum atomic E-state index is -0.366. The molecule has 1 aromatic heterocycles. The summed E-state index contributed by atoms with van der Waals surface area (Å²) in [5.41, 5.74) is 0.645. The molecule has 0 saturated carbocycles. The van der Waals surface area contributed by atoms with E-state index in [2.05, 4.69) is 15.3 Å². The molecule has 2 heterocycles. The zero-order chi connectivity index (χ0) is 15.9. The standard InChI is InChI=1S/C13H12N6O3/c1-9(20)22-3-2-21-8-19-7-18-12-11(10(4-14)5-15)16-6-17-13(12)19/h6-7H,2-3,8H2,1H3,(H,16,17). The summed E-state index contributed by atoms with van der Waals surface area (Å²) < 4.78 is 11.7. The Kier molecular flexibility index (Phi) is 4.85. The summed E-state index contributed by atoms with van der Waals surface area (Å²) in [5.74, 6) is 0.110. The Bertz CT molecular complexity index is 703. The third-order valence-electron chi connectivity index (χ3n) is 2.68. The smallest absolute Gasteiger partial charge is 0.302 e. The molecule has 0 unspecified atom stereocenters. The van der Waals surface area contributed by atoms with Crippen molar-refractivity contribution in [3.05, 3.63) is 17.6 Å². The zero-order valence-electron chi connectivity index (χ0n) is 11.7. The van der Waals surface area contributed by atoms with Crippen molar-refractivity contribution in [3.63, 3.8) is 0 Å². The maximum atomic E-state index is 10.6. The van der Waals surface area contributed by atoms with Crippen LogP contribution in [-0.4, -0.2) is 35.1 Å². The number of ether oxygens (including phenoxy) is 2. The van der Waals surface area contributed by atoms with Gasteiger partial charge in [-0.15, -0.1) is 0 Å². The van der Waals surface area contributed by atoms with E-state index in [1.54, 1.807) is 4.57 Å². The first-order chi connectivity index (χ1) is 10.7. The summed E-state index contributed by atoms with van der Waals surface area (Å²) in [7, 11) is 0. The molecule has 0 atom stereocenters. The van der Waals surface area contributed by atoms with Gasteiger partial charge in [-0.3, -0.25) is 9.36 Å². The molecule has 0 bridgehead atoms. The van der Waals surface area contributed by atoms with Crippen LogP contribution in [0.25, 0.3) is 5.70 Å². The SMILES string of the molecule is CC(=O)OCCOCn1cnc2c1N=CNC2=C(C#N)C#N. The molecule has 9 nitrogen and oxygen atoms in total. The van der Waals surface area contributed by atoms with Crippen molar-refractivity contribution < 1.29 is 14.3 Å². The second-order valence-electron chi connectivity index (χ2n) is 4.14. The molecular formula is C13H12N6O3. The van der Waals surface area contributed by atoms with Crippen LogP contribution >= 0.6 is 0 Å². The Hall–Kier alpha value is -3.17. The van der Waals surface area contributed by atoms with Crippen molar-refractivity contribution in [2.24, 2.45) is 4.99 Å². The number of nitrogens with one attached hydrogen (secondary N) is 1. The lowest BCUT2D eigenvalue weighted by Crippen LogP contribution is -2.16. The molecule has 0 aliphatic carbocycles. The van der Waals surface area contributed by atoms with Gasteiger partial charge in [0.1, 0.15) is 31.2 Å². The van der Waals surface area contributed by atoms with Crippen molar-refractivity contribution >= 4 is 23.8 Å². The van der Waals surface area contributed by atoms with Gasteiger partial charge in [0.2, 0.25) is 0 Å². The van der Waals surface area contributed by atoms with Crippen molar-refractivity contribution in [1.29, 1.82) is 10.5 Å². The number of esters is 1. The first-order valence-electron chi connectivity index (χ1n) is 6.27. The summed E-state index contributed by atoms with van der Waals surface area (Å²) in [4.78, 5) is 18.9. The highest BCUT2D eigenvalue weighted by Crippen LogP contribution is 2.28. The van der Waals surface area contributed by atoms with Gasteiger partial charge in [-0.1, -0.05) is 0 Å². The molecule has 0 fully saturated rings. The van der Waals surface area contributed by atoms with Gasteiger partial charge in [-0.05, 0) is 0 Å². The molecule has 1 N–H and O–H groups in total. The summed E-state index contributed by atoms with van der Waals surface area (Å²) in [6, 6.07) is 3.61. The molecule has 1 aliphatic rings. The number of carbonyl (C=O) groups excluding carboxylic acids is 1. The first kappa shape index (κ1) is 15.2. The highest BCUT2D eigenvalue weighted by molar-refractivity contribution is 5.88. The molecule has 0 amide bonds. The minimum absolute atomic E-state index is 0.0755. The fourth-order valence-corrected chi connectivity index (χ4v) is 1.74. The van der Waals surface area contributed by atoms with Crippen LogP contribution in [0.2, 0.25) is 0 Å². The number of nitriles is 2. The number of imidazole rings is 1. The highest BCUT2D eigenvalue weighted by atomic mass is 16.6. The monoisotopic (exact) mass is 300 g/mol. The van der Waals surface area contributed by atoms with E-state index in [9.17, 15) is 4.79 Å². The highest BCUT2D eigenvalue weighted by Gasteiger charge is 2.21. The molecule has 0 spiro atoms. The molecule has 2 rings (SSSR count). The molecule has 1 aromatic rings. The van der Waals surface area contributed by atoms with Crippen LogP contribution in [0.5, 0.6) is 0 Å². The third-order valence-corrected chi connectivity index (χ3v) is 2.68. The number of aliphatic imine (C=N–C) groups is 1. The normalized spacial score (nSPS) is 11.9. The Morgan fingerprint density at radius 2 is 2.18 bits per heavy atom. The predicted molar refractivity (Wildman–Crippen MR) is 74.2 cm³/mol. The van der Waals surface area contributed by atoms with Crippen LogP contribution in [0, 0.1) is 22.7 Å². The first-order valence-corrected chi connectivity index (χ1v) is 6.27. The summed E-state index contributed by atoms with van der Waals surface area (Å²) in [6.07, 6.45) is 2.87. The quantitative estimate of drug-likeness (QED) is 0.475. The Morgan fingerprint density at radius 1 is 1.41 bits per heavy atom. The molecule has 0 radical (unpaired) electrons. The lowest BCUT2D eigenvalue weighted by Gasteiger charge is -2.12. The lowest BCUT2D eigenvalue weighted by atomic mass is 10.2. The second kappa shape index (κ2) is 7.02. The van der Waals surface area contributed by atoms with Gasteiger partial charge in [0, 0.05) is 6.92 Å². The summed E-state index contributed by atoms with van der Waals surface area (Å²) >= 11 is 0. The molecular weight excluding hydrogens is 288 g/mol. The van der Waals surface area contributed by atoms with E-state index in [0.717, 1.165) is 0 Å². The topological polar surface area (TPSA) is 125 Å². The van der Waals surface area contributed by atoms with Gasteiger partial charge in [0.25, 0.3) is 0 Å². The molecule has 1 aliphatic heterocycles. The number of fused-ring (bicyclic) bond motifs is 1. The second-order valence-corrected chi connectivity index (χ2v) is 4.14. The van der Waals surface area contributed by atoms with Crippen LogP contribution in [0.4, 0.5) is 5.82 Å². The van der Waals surface area contributed by atoms with E-state index < -0.39 is 0 Å². The fourth-order valence-electron chi connectivity index (χ4n) is 1.74. The van der Waals surface area contributed by atoms with Crippen molar-refractivity contribution in [2.45, 2.75) is 13.7 Å². The summed E-state index contributed by atoms with van der Waals surface area (Å²) in [5, 5.41) is 20.6. The molecule has 0 aromatic carbocycles. The van der Waals surface area contributed by atoms with Crippen molar-refractivity contribution in [3.8, 4) is 12.1 Å². The van der Waals surface area contributed by atoms with Gasteiger partial charge in [0.15, 0.2) is 11.4 Å². The van der Waals surface area contributed by atoms with E-state index in [4.69, 9.17) is 20.0 Å². The Balaban J connectivity index is 2.08. The number of carbonyl (C=O) groups is 1. The van der Waals surface area contributed by atoms with Gasteiger partial charge in [-0.25, -0.2) is 9.98 Å². The predicted octanol–water partition coefficient (Wildman–Crippen LogP) is 0.442. The Morgan fingerprint density at radius 3 is 2.86 bits per heavy atom. The summed E-state index contributed by atoms with van der Waals surface area (Å²) in [6.45, 7) is 1.88. The number of nitrogens with zero attached hydrogens (tertiary/aromatic N) is 5. The molecule has 9 heteroatoms. The number of hydrogen-bond acceptors (Lipinski definition) is 8.